The molecule has 32 heavy (non-hydrogen) atoms. The molecule has 2 aromatic carbocycles. The summed E-state index contributed by atoms with van der Waals surface area (Å²) in [5.41, 5.74) is 3.16. The summed E-state index contributed by atoms with van der Waals surface area (Å²) in [7, 11) is 1.00. The Morgan fingerprint density at radius 2 is 1.88 bits per heavy atom. The van der Waals surface area contributed by atoms with Crippen molar-refractivity contribution in [3.63, 3.8) is 0 Å². The van der Waals surface area contributed by atoms with E-state index in [1.54, 1.807) is 0 Å². The van der Waals surface area contributed by atoms with Crippen LogP contribution in [0.5, 0.6) is 5.75 Å². The monoisotopic (exact) mass is 470 g/mol. The van der Waals surface area contributed by atoms with Crippen LogP contribution in [0.25, 0.3) is 0 Å². The number of halogens is 2. The quantitative estimate of drug-likeness (QED) is 0.336. The molecule has 3 unspecified atom stereocenters. The van der Waals surface area contributed by atoms with Gasteiger partial charge in [-0.3, -0.25) is 5.26 Å². The zero-order valence-electron chi connectivity index (χ0n) is 18.3. The summed E-state index contributed by atoms with van der Waals surface area (Å²) in [4.78, 5) is 4.00. The molecule has 1 heterocycles. The van der Waals surface area contributed by atoms with Gasteiger partial charge in [0.25, 0.3) is 0 Å². The minimum atomic E-state index is -0.992. The van der Waals surface area contributed by atoms with E-state index in [4.69, 9.17) is 31.4 Å². The number of aliphatic hydroxyl groups excluding tert-OH is 2. The molecule has 0 aromatic heterocycles. The first-order valence-corrected chi connectivity index (χ1v) is 11.0. The third-order valence-corrected chi connectivity index (χ3v) is 5.61. The van der Waals surface area contributed by atoms with Crippen LogP contribution in [-0.2, 0) is 22.5 Å². The van der Waals surface area contributed by atoms with Crippen LogP contribution in [0, 0.1) is 0 Å². The molecule has 0 saturated carbocycles. The molecule has 8 heteroatoms. The molecule has 0 amide bonds. The normalized spacial score (nSPS) is 17.4. The topological polar surface area (TPSA) is 88.4 Å². The van der Waals surface area contributed by atoms with Crippen LogP contribution in [0.4, 0.5) is 4.39 Å². The lowest BCUT2D eigenvalue weighted by Crippen LogP contribution is -2.22. The summed E-state index contributed by atoms with van der Waals surface area (Å²) in [6.45, 7) is 0.553. The van der Waals surface area contributed by atoms with Gasteiger partial charge in [-0.25, -0.2) is 9.28 Å². The second-order valence-electron chi connectivity index (χ2n) is 7.66. The number of aryl methyl sites for hydroxylation is 1. The maximum Gasteiger partial charge on any atom is 0.124 e. The van der Waals surface area contributed by atoms with Crippen molar-refractivity contribution in [2.45, 2.75) is 50.4 Å². The fraction of sp³-hybridized carbons (Fsp3) is 0.500. The highest BCUT2D eigenvalue weighted by Gasteiger charge is 2.17. The van der Waals surface area contributed by atoms with Crippen LogP contribution in [0.3, 0.4) is 0 Å². The molecule has 0 spiro atoms. The summed E-state index contributed by atoms with van der Waals surface area (Å²) < 4.78 is 23.8. The first-order valence-electron chi connectivity index (χ1n) is 10.7. The summed E-state index contributed by atoms with van der Waals surface area (Å²) in [5, 5.41) is 26.3. The molecule has 0 aliphatic carbocycles. The molecule has 3 N–H and O–H groups in total. The molecular formula is C24H32ClFO6. The third-order valence-electron chi connectivity index (χ3n) is 5.24. The van der Waals surface area contributed by atoms with Crippen LogP contribution in [0.1, 0.15) is 36.0 Å². The zero-order valence-corrected chi connectivity index (χ0v) is 19.0. The van der Waals surface area contributed by atoms with Gasteiger partial charge in [0, 0.05) is 25.0 Å². The fourth-order valence-electron chi connectivity index (χ4n) is 3.51. The number of ether oxygens (including phenoxy) is 2. The van der Waals surface area contributed by atoms with Gasteiger partial charge in [0.1, 0.15) is 24.6 Å². The van der Waals surface area contributed by atoms with E-state index in [0.29, 0.717) is 30.9 Å². The van der Waals surface area contributed by atoms with Crippen LogP contribution >= 0.6 is 11.6 Å². The molecule has 1 fully saturated rings. The second kappa shape index (κ2) is 14.4. The number of hydrogen-bond acceptors (Lipinski definition) is 6. The van der Waals surface area contributed by atoms with Gasteiger partial charge < -0.3 is 19.7 Å². The van der Waals surface area contributed by atoms with Crippen LogP contribution in [-0.4, -0.2) is 60.8 Å². The molecule has 1 aliphatic heterocycles. The SMILES string of the molecule is CO.OOC(CF)CC(O)CCc1ccc(Cl)c(Cc2ccc(OC3CCOC3)cc2)c1. The Morgan fingerprint density at radius 3 is 2.50 bits per heavy atom. The van der Waals surface area contributed by atoms with Crippen molar-refractivity contribution in [3.8, 4) is 5.75 Å². The first kappa shape index (κ1) is 26.5. The summed E-state index contributed by atoms with van der Waals surface area (Å²) in [6, 6.07) is 13.8. The van der Waals surface area contributed by atoms with Crippen molar-refractivity contribution in [3.05, 3.63) is 64.2 Å². The predicted octanol–water partition coefficient (Wildman–Crippen LogP) is 4.22. The predicted molar refractivity (Wildman–Crippen MR) is 121 cm³/mol. The van der Waals surface area contributed by atoms with Gasteiger partial charge in [0.05, 0.1) is 19.3 Å². The molecule has 6 nitrogen and oxygen atoms in total. The van der Waals surface area contributed by atoms with Crippen molar-refractivity contribution in [2.75, 3.05) is 27.0 Å². The van der Waals surface area contributed by atoms with Crippen molar-refractivity contribution < 1.29 is 34.2 Å². The Hall–Kier alpha value is -1.74. The van der Waals surface area contributed by atoms with E-state index in [0.717, 1.165) is 42.6 Å². The van der Waals surface area contributed by atoms with Crippen molar-refractivity contribution in [1.29, 1.82) is 0 Å². The zero-order chi connectivity index (χ0) is 23.3. The van der Waals surface area contributed by atoms with Crippen molar-refractivity contribution in [1.82, 2.24) is 0 Å². The Balaban J connectivity index is 0.00000176. The Labute approximate surface area is 193 Å². The lowest BCUT2D eigenvalue weighted by Gasteiger charge is -2.15. The van der Waals surface area contributed by atoms with Gasteiger partial charge in [-0.1, -0.05) is 35.9 Å². The number of aliphatic hydroxyl groups is 2. The van der Waals surface area contributed by atoms with E-state index in [1.807, 2.05) is 42.5 Å². The number of rotatable bonds is 11. The van der Waals surface area contributed by atoms with Crippen molar-refractivity contribution >= 4 is 11.6 Å². The molecule has 3 atom stereocenters. The summed E-state index contributed by atoms with van der Waals surface area (Å²) in [6.07, 6.45) is 1.09. The van der Waals surface area contributed by atoms with Crippen molar-refractivity contribution in [2.24, 2.45) is 0 Å². The summed E-state index contributed by atoms with van der Waals surface area (Å²) >= 11 is 6.39. The van der Waals surface area contributed by atoms with E-state index in [2.05, 4.69) is 4.89 Å². The Morgan fingerprint density at radius 1 is 1.16 bits per heavy atom. The molecule has 2 aromatic rings. The average molecular weight is 471 g/mol. The Kier molecular flexibility index (Phi) is 11.9. The van der Waals surface area contributed by atoms with Gasteiger partial charge in [0.2, 0.25) is 0 Å². The molecular weight excluding hydrogens is 439 g/mol. The standard InChI is InChI=1S/C23H28ClFO5.CH4O/c24-23-8-4-16(1-5-19(26)13-22(14-25)30-27)11-18(23)12-17-2-6-20(7-3-17)29-21-9-10-28-15-21;1-2/h2-4,6-8,11,19,21-22,26-27H,1,5,9-10,12-15H2;2H,1H3. The highest BCUT2D eigenvalue weighted by atomic mass is 35.5. The molecule has 3 rings (SSSR count). The molecule has 0 bridgehead atoms. The smallest absolute Gasteiger partial charge is 0.124 e. The van der Waals surface area contributed by atoms with Gasteiger partial charge in [-0.05, 0) is 54.2 Å². The number of alkyl halides is 1. The van der Waals surface area contributed by atoms with Crippen LogP contribution < -0.4 is 4.74 Å². The lowest BCUT2D eigenvalue weighted by molar-refractivity contribution is -0.285. The van der Waals surface area contributed by atoms with E-state index >= 15 is 0 Å². The lowest BCUT2D eigenvalue weighted by atomic mass is 9.98. The Bertz CT molecular complexity index is 779. The minimum Gasteiger partial charge on any atom is -0.488 e. The van der Waals surface area contributed by atoms with E-state index < -0.39 is 18.9 Å². The number of benzene rings is 2. The van der Waals surface area contributed by atoms with E-state index in [-0.39, 0.29) is 12.5 Å². The maximum atomic E-state index is 12.6. The van der Waals surface area contributed by atoms with Gasteiger partial charge in [-0.2, -0.15) is 0 Å². The van der Waals surface area contributed by atoms with E-state index in [9.17, 15) is 9.50 Å². The summed E-state index contributed by atoms with van der Waals surface area (Å²) in [5.74, 6) is 0.835. The largest absolute Gasteiger partial charge is 0.488 e. The second-order valence-corrected chi connectivity index (χ2v) is 8.07. The fourth-order valence-corrected chi connectivity index (χ4v) is 3.70. The molecule has 0 radical (unpaired) electrons. The van der Waals surface area contributed by atoms with Gasteiger partial charge in [-0.15, -0.1) is 0 Å². The average Bonchev–Trinajstić information content (AvgIpc) is 3.33. The molecule has 178 valence electrons. The highest BCUT2D eigenvalue weighted by Crippen LogP contribution is 2.24. The van der Waals surface area contributed by atoms with E-state index in [1.165, 1.54) is 0 Å². The maximum absolute atomic E-state index is 12.6. The molecule has 1 saturated heterocycles. The number of hydrogen-bond donors (Lipinski definition) is 3. The minimum absolute atomic E-state index is 0.0504. The third kappa shape index (κ3) is 8.65. The van der Waals surface area contributed by atoms with Gasteiger partial charge in [0.15, 0.2) is 0 Å². The van der Waals surface area contributed by atoms with Gasteiger partial charge >= 0.3 is 0 Å². The highest BCUT2D eigenvalue weighted by molar-refractivity contribution is 6.31. The van der Waals surface area contributed by atoms with Crippen LogP contribution in [0.2, 0.25) is 5.02 Å². The molecule has 1 aliphatic rings. The first-order chi connectivity index (χ1) is 15.6. The van der Waals surface area contributed by atoms with Crippen LogP contribution in [0.15, 0.2) is 42.5 Å².